The second-order valence-corrected chi connectivity index (χ2v) is 9.20. The third-order valence-corrected chi connectivity index (χ3v) is 6.52. The third-order valence-electron chi connectivity index (χ3n) is 5.47. The number of carbonyl (C=O) groups excluding carboxylic acids is 1. The van der Waals surface area contributed by atoms with Gasteiger partial charge in [0.2, 0.25) is 5.91 Å². The summed E-state index contributed by atoms with van der Waals surface area (Å²) < 4.78 is 2.02. The molecule has 0 radical (unpaired) electrons. The fraction of sp³-hybridized carbons (Fsp3) is 0.391. The van der Waals surface area contributed by atoms with Gasteiger partial charge in [-0.2, -0.15) is 0 Å². The van der Waals surface area contributed by atoms with Crippen molar-refractivity contribution in [3.8, 4) is 17.2 Å². The summed E-state index contributed by atoms with van der Waals surface area (Å²) in [5, 5.41) is 12.5. The Kier molecular flexibility index (Phi) is 6.18. The van der Waals surface area contributed by atoms with E-state index in [9.17, 15) is 4.79 Å². The molecule has 1 aromatic carbocycles. The SMILES string of the molecule is Cc1ccc(-n2c(SC(C)C(=O)NC3CCCC3)nnc2-c2ccccn2)c(C)c1. The quantitative estimate of drug-likeness (QED) is 0.594. The first-order valence-electron chi connectivity index (χ1n) is 10.4. The Labute approximate surface area is 181 Å². The molecule has 7 heteroatoms. The van der Waals surface area contributed by atoms with Crippen LogP contribution in [0.4, 0.5) is 0 Å². The number of carbonyl (C=O) groups is 1. The van der Waals surface area contributed by atoms with E-state index < -0.39 is 0 Å². The molecule has 156 valence electrons. The molecular weight excluding hydrogens is 394 g/mol. The van der Waals surface area contributed by atoms with Crippen LogP contribution >= 0.6 is 11.8 Å². The highest BCUT2D eigenvalue weighted by molar-refractivity contribution is 8.00. The highest BCUT2D eigenvalue weighted by Gasteiger charge is 2.25. The maximum atomic E-state index is 12.7. The molecule has 1 atom stereocenters. The molecule has 0 saturated heterocycles. The van der Waals surface area contributed by atoms with Crippen molar-refractivity contribution in [2.24, 2.45) is 0 Å². The highest BCUT2D eigenvalue weighted by Crippen LogP contribution is 2.31. The van der Waals surface area contributed by atoms with E-state index in [0.29, 0.717) is 17.0 Å². The summed E-state index contributed by atoms with van der Waals surface area (Å²) in [5.41, 5.74) is 4.07. The zero-order valence-corrected chi connectivity index (χ0v) is 18.4. The van der Waals surface area contributed by atoms with E-state index in [0.717, 1.165) is 29.8 Å². The first-order chi connectivity index (χ1) is 14.5. The Balaban J connectivity index is 1.67. The van der Waals surface area contributed by atoms with Crippen LogP contribution in [0.25, 0.3) is 17.2 Å². The normalized spacial score (nSPS) is 15.3. The number of benzene rings is 1. The molecule has 0 bridgehead atoms. The van der Waals surface area contributed by atoms with Crippen LogP contribution < -0.4 is 5.32 Å². The van der Waals surface area contributed by atoms with Crippen LogP contribution in [0.2, 0.25) is 0 Å². The molecule has 1 unspecified atom stereocenters. The Morgan fingerprint density at radius 3 is 2.67 bits per heavy atom. The van der Waals surface area contributed by atoms with E-state index in [1.54, 1.807) is 6.20 Å². The van der Waals surface area contributed by atoms with Crippen LogP contribution in [0.5, 0.6) is 0 Å². The average molecular weight is 422 g/mol. The lowest BCUT2D eigenvalue weighted by Crippen LogP contribution is -2.37. The number of nitrogens with one attached hydrogen (secondary N) is 1. The van der Waals surface area contributed by atoms with E-state index in [1.165, 1.54) is 30.2 Å². The predicted octanol–water partition coefficient (Wildman–Crippen LogP) is 4.49. The van der Waals surface area contributed by atoms with E-state index in [1.807, 2.05) is 29.7 Å². The van der Waals surface area contributed by atoms with Gasteiger partial charge in [0.05, 0.1) is 10.9 Å². The average Bonchev–Trinajstić information content (AvgIpc) is 3.39. The minimum atomic E-state index is -0.268. The molecule has 0 aliphatic heterocycles. The minimum absolute atomic E-state index is 0.0569. The molecule has 1 aliphatic rings. The number of aryl methyl sites for hydroxylation is 2. The van der Waals surface area contributed by atoms with Crippen molar-refractivity contribution >= 4 is 17.7 Å². The van der Waals surface area contributed by atoms with Crippen LogP contribution in [-0.2, 0) is 4.79 Å². The van der Waals surface area contributed by atoms with Gasteiger partial charge in [-0.3, -0.25) is 14.3 Å². The van der Waals surface area contributed by atoms with E-state index in [2.05, 4.69) is 52.5 Å². The Bertz CT molecular complexity index is 1030. The standard InChI is InChI=1S/C23H27N5OS/c1-15-11-12-20(16(2)14-15)28-21(19-10-6-7-13-24-19)26-27-23(28)30-17(3)22(29)25-18-8-4-5-9-18/h6-7,10-14,17-18H,4-5,8-9H2,1-3H3,(H,25,29). The largest absolute Gasteiger partial charge is 0.352 e. The molecule has 2 heterocycles. The van der Waals surface area contributed by atoms with Gasteiger partial charge >= 0.3 is 0 Å². The zero-order valence-electron chi connectivity index (χ0n) is 17.6. The second-order valence-electron chi connectivity index (χ2n) is 7.90. The van der Waals surface area contributed by atoms with Crippen molar-refractivity contribution in [1.29, 1.82) is 0 Å². The van der Waals surface area contributed by atoms with Gasteiger partial charge in [0, 0.05) is 12.2 Å². The van der Waals surface area contributed by atoms with Gasteiger partial charge in [0.25, 0.3) is 0 Å². The summed E-state index contributed by atoms with van der Waals surface area (Å²) in [5.74, 6) is 0.731. The lowest BCUT2D eigenvalue weighted by molar-refractivity contribution is -0.120. The van der Waals surface area contributed by atoms with Gasteiger partial charge in [-0.25, -0.2) is 0 Å². The molecule has 4 rings (SSSR count). The first kappa shape index (κ1) is 20.6. The lowest BCUT2D eigenvalue weighted by Gasteiger charge is -2.17. The van der Waals surface area contributed by atoms with Crippen molar-refractivity contribution in [3.63, 3.8) is 0 Å². The molecule has 3 aromatic rings. The van der Waals surface area contributed by atoms with Gasteiger partial charge in [0.1, 0.15) is 5.69 Å². The van der Waals surface area contributed by atoms with Crippen LogP contribution in [0.3, 0.4) is 0 Å². The van der Waals surface area contributed by atoms with Crippen LogP contribution in [0, 0.1) is 13.8 Å². The van der Waals surface area contributed by atoms with Gasteiger partial charge in [-0.1, -0.05) is 48.4 Å². The number of thioether (sulfide) groups is 1. The van der Waals surface area contributed by atoms with Crippen molar-refractivity contribution in [3.05, 3.63) is 53.7 Å². The molecule has 1 amide bonds. The summed E-state index contributed by atoms with van der Waals surface area (Å²) in [6.07, 6.45) is 6.29. The van der Waals surface area contributed by atoms with Crippen molar-refractivity contribution < 1.29 is 4.79 Å². The number of pyridine rings is 1. The molecule has 1 fully saturated rings. The molecule has 1 N–H and O–H groups in total. The van der Waals surface area contributed by atoms with E-state index in [4.69, 9.17) is 0 Å². The number of aromatic nitrogens is 4. The monoisotopic (exact) mass is 421 g/mol. The molecule has 30 heavy (non-hydrogen) atoms. The molecule has 1 saturated carbocycles. The number of rotatable bonds is 6. The summed E-state index contributed by atoms with van der Waals surface area (Å²) in [7, 11) is 0. The highest BCUT2D eigenvalue weighted by atomic mass is 32.2. The van der Waals surface area contributed by atoms with Crippen molar-refractivity contribution in [1.82, 2.24) is 25.1 Å². The second kappa shape index (κ2) is 9.00. The number of nitrogens with zero attached hydrogens (tertiary/aromatic N) is 4. The first-order valence-corrected chi connectivity index (χ1v) is 11.3. The van der Waals surface area contributed by atoms with Gasteiger partial charge in [-0.15, -0.1) is 10.2 Å². The molecule has 2 aromatic heterocycles. The molecule has 0 spiro atoms. The van der Waals surface area contributed by atoms with Gasteiger partial charge < -0.3 is 5.32 Å². The molecular formula is C23H27N5OS. The smallest absolute Gasteiger partial charge is 0.233 e. The minimum Gasteiger partial charge on any atom is -0.352 e. The van der Waals surface area contributed by atoms with Crippen molar-refractivity contribution in [2.45, 2.75) is 62.9 Å². The molecule has 6 nitrogen and oxygen atoms in total. The Morgan fingerprint density at radius 2 is 1.97 bits per heavy atom. The Hall–Kier alpha value is -2.67. The third kappa shape index (κ3) is 4.41. The van der Waals surface area contributed by atoms with Gasteiger partial charge in [0.15, 0.2) is 11.0 Å². The number of amides is 1. The van der Waals surface area contributed by atoms with E-state index >= 15 is 0 Å². The summed E-state index contributed by atoms with van der Waals surface area (Å²) in [6, 6.07) is 12.3. The summed E-state index contributed by atoms with van der Waals surface area (Å²) in [6.45, 7) is 6.08. The maximum absolute atomic E-state index is 12.7. The van der Waals surface area contributed by atoms with Crippen LogP contribution in [0.15, 0.2) is 47.8 Å². The summed E-state index contributed by atoms with van der Waals surface area (Å²) in [4.78, 5) is 17.2. The fourth-order valence-corrected chi connectivity index (χ4v) is 4.75. The number of hydrogen-bond donors (Lipinski definition) is 1. The Morgan fingerprint density at radius 1 is 1.17 bits per heavy atom. The lowest BCUT2D eigenvalue weighted by atomic mass is 10.1. The van der Waals surface area contributed by atoms with Gasteiger partial charge in [-0.05, 0) is 57.4 Å². The zero-order chi connectivity index (χ0) is 21.1. The summed E-state index contributed by atoms with van der Waals surface area (Å²) >= 11 is 1.43. The predicted molar refractivity (Wildman–Crippen MR) is 120 cm³/mol. The topological polar surface area (TPSA) is 72.7 Å². The number of hydrogen-bond acceptors (Lipinski definition) is 5. The van der Waals surface area contributed by atoms with E-state index in [-0.39, 0.29) is 11.2 Å². The van der Waals surface area contributed by atoms with Crippen LogP contribution in [0.1, 0.15) is 43.7 Å². The van der Waals surface area contributed by atoms with Crippen LogP contribution in [-0.4, -0.2) is 36.9 Å². The van der Waals surface area contributed by atoms with Crippen molar-refractivity contribution in [2.75, 3.05) is 0 Å². The maximum Gasteiger partial charge on any atom is 0.233 e. The molecule has 1 aliphatic carbocycles. The fourth-order valence-electron chi connectivity index (χ4n) is 3.88.